The summed E-state index contributed by atoms with van der Waals surface area (Å²) < 4.78 is 5.57. The maximum Gasteiger partial charge on any atom is 0.125 e. The van der Waals surface area contributed by atoms with E-state index >= 15 is 0 Å². The van der Waals surface area contributed by atoms with E-state index in [0.29, 0.717) is 5.92 Å². The second-order valence-corrected chi connectivity index (χ2v) is 5.37. The van der Waals surface area contributed by atoms with Crippen LogP contribution in [0.4, 0.5) is 0 Å². The van der Waals surface area contributed by atoms with Gasteiger partial charge in [0.1, 0.15) is 5.75 Å². The van der Waals surface area contributed by atoms with E-state index in [0.717, 1.165) is 12.2 Å². The van der Waals surface area contributed by atoms with Crippen molar-refractivity contribution in [3.8, 4) is 11.8 Å². The fourth-order valence-corrected chi connectivity index (χ4v) is 2.68. The van der Waals surface area contributed by atoms with Gasteiger partial charge < -0.3 is 4.74 Å². The van der Waals surface area contributed by atoms with Gasteiger partial charge in [0, 0.05) is 11.5 Å². The van der Waals surface area contributed by atoms with Gasteiger partial charge in [-0.15, -0.1) is 0 Å². The molecular formula is C15H19NO. The first kappa shape index (κ1) is 12.0. The lowest BCUT2D eigenvalue weighted by Crippen LogP contribution is -2.02. The third-order valence-corrected chi connectivity index (χ3v) is 4.08. The molecule has 0 radical (unpaired) electrons. The monoisotopic (exact) mass is 229 g/mol. The molecule has 1 aromatic rings. The summed E-state index contributed by atoms with van der Waals surface area (Å²) in [5.41, 5.74) is 4.73. The van der Waals surface area contributed by atoms with Gasteiger partial charge in [-0.25, -0.2) is 0 Å². The molecule has 1 aliphatic rings. The molecule has 0 amide bonds. The lowest BCUT2D eigenvalue weighted by molar-refractivity contribution is 0.404. The predicted molar refractivity (Wildman–Crippen MR) is 68.3 cm³/mol. The molecule has 2 unspecified atom stereocenters. The highest BCUT2D eigenvalue weighted by Crippen LogP contribution is 2.61. The standard InChI is InChI=1S/C15H19NO/c1-9-6-10(2)13(14(17-5)11(9)3)12-7-15(12,4)8-16/h6,12H,7H2,1-5H3. The van der Waals surface area contributed by atoms with Gasteiger partial charge in [0.2, 0.25) is 0 Å². The minimum atomic E-state index is -0.195. The van der Waals surface area contributed by atoms with Gasteiger partial charge in [0.05, 0.1) is 18.6 Å². The Balaban J connectivity index is 2.56. The van der Waals surface area contributed by atoms with Gasteiger partial charge in [0.25, 0.3) is 0 Å². The van der Waals surface area contributed by atoms with E-state index < -0.39 is 0 Å². The van der Waals surface area contributed by atoms with Crippen LogP contribution in [-0.4, -0.2) is 7.11 Å². The zero-order valence-electron chi connectivity index (χ0n) is 11.2. The maximum atomic E-state index is 9.18. The maximum absolute atomic E-state index is 9.18. The van der Waals surface area contributed by atoms with E-state index in [2.05, 4.69) is 32.9 Å². The molecule has 2 heteroatoms. The van der Waals surface area contributed by atoms with Gasteiger partial charge in [-0.1, -0.05) is 6.07 Å². The quantitative estimate of drug-likeness (QED) is 0.775. The largest absolute Gasteiger partial charge is 0.496 e. The van der Waals surface area contributed by atoms with Crippen molar-refractivity contribution < 1.29 is 4.74 Å². The molecule has 0 aromatic heterocycles. The van der Waals surface area contributed by atoms with Crippen LogP contribution in [0.2, 0.25) is 0 Å². The molecular weight excluding hydrogens is 210 g/mol. The Bertz CT molecular complexity index is 513. The molecule has 2 nitrogen and oxygen atoms in total. The molecule has 0 aliphatic heterocycles. The normalized spacial score (nSPS) is 26.5. The van der Waals surface area contributed by atoms with Gasteiger partial charge in [-0.3, -0.25) is 0 Å². The van der Waals surface area contributed by atoms with Crippen molar-refractivity contribution in [3.05, 3.63) is 28.3 Å². The van der Waals surface area contributed by atoms with E-state index in [9.17, 15) is 5.26 Å². The van der Waals surface area contributed by atoms with Crippen molar-refractivity contribution in [1.82, 2.24) is 0 Å². The first-order valence-corrected chi connectivity index (χ1v) is 6.00. The van der Waals surface area contributed by atoms with Crippen LogP contribution < -0.4 is 4.74 Å². The number of nitrogens with zero attached hydrogens (tertiary/aromatic N) is 1. The smallest absolute Gasteiger partial charge is 0.125 e. The van der Waals surface area contributed by atoms with Crippen molar-refractivity contribution in [2.24, 2.45) is 5.41 Å². The SMILES string of the molecule is COc1c(C)c(C)cc(C)c1C1CC1(C)C#N. The van der Waals surface area contributed by atoms with Crippen LogP contribution >= 0.6 is 0 Å². The average Bonchev–Trinajstić information content (AvgIpc) is 2.96. The third-order valence-electron chi connectivity index (χ3n) is 4.08. The van der Waals surface area contributed by atoms with E-state index in [-0.39, 0.29) is 5.41 Å². The van der Waals surface area contributed by atoms with E-state index in [1.807, 2.05) is 6.92 Å². The lowest BCUT2D eigenvalue weighted by Gasteiger charge is -2.17. The molecule has 90 valence electrons. The van der Waals surface area contributed by atoms with Crippen LogP contribution in [0.3, 0.4) is 0 Å². The summed E-state index contributed by atoms with van der Waals surface area (Å²) in [5, 5.41) is 9.18. The summed E-state index contributed by atoms with van der Waals surface area (Å²) in [5.74, 6) is 1.31. The van der Waals surface area contributed by atoms with Crippen LogP contribution in [0.25, 0.3) is 0 Å². The van der Waals surface area contributed by atoms with Gasteiger partial charge in [-0.05, 0) is 50.8 Å². The lowest BCUT2D eigenvalue weighted by atomic mass is 9.93. The zero-order valence-corrected chi connectivity index (χ0v) is 11.2. The van der Waals surface area contributed by atoms with Crippen molar-refractivity contribution in [3.63, 3.8) is 0 Å². The van der Waals surface area contributed by atoms with E-state index in [4.69, 9.17) is 4.74 Å². The highest BCUT2D eigenvalue weighted by atomic mass is 16.5. The zero-order chi connectivity index (χ0) is 12.8. The Morgan fingerprint density at radius 1 is 1.35 bits per heavy atom. The predicted octanol–water partition coefficient (Wildman–Crippen LogP) is 3.64. The molecule has 0 spiro atoms. The molecule has 0 heterocycles. The Kier molecular flexibility index (Phi) is 2.66. The molecule has 2 rings (SSSR count). The van der Waals surface area contributed by atoms with Gasteiger partial charge in [0.15, 0.2) is 0 Å². The summed E-state index contributed by atoms with van der Waals surface area (Å²) in [7, 11) is 1.72. The summed E-state index contributed by atoms with van der Waals surface area (Å²) in [4.78, 5) is 0. The van der Waals surface area contributed by atoms with Crippen LogP contribution in [0.1, 0.15) is 41.5 Å². The summed E-state index contributed by atoms with van der Waals surface area (Å²) in [6, 6.07) is 4.62. The van der Waals surface area contributed by atoms with Crippen molar-refractivity contribution in [2.45, 2.75) is 40.0 Å². The minimum Gasteiger partial charge on any atom is -0.496 e. The number of methoxy groups -OCH3 is 1. The molecule has 17 heavy (non-hydrogen) atoms. The summed E-state index contributed by atoms with van der Waals surface area (Å²) >= 11 is 0. The van der Waals surface area contributed by atoms with E-state index in [1.54, 1.807) is 7.11 Å². The Hall–Kier alpha value is -1.49. The number of hydrogen-bond donors (Lipinski definition) is 0. The number of aryl methyl sites for hydroxylation is 2. The molecule has 2 atom stereocenters. The van der Waals surface area contributed by atoms with Crippen molar-refractivity contribution >= 4 is 0 Å². The van der Waals surface area contributed by atoms with Crippen molar-refractivity contribution in [2.75, 3.05) is 7.11 Å². The van der Waals surface area contributed by atoms with Gasteiger partial charge >= 0.3 is 0 Å². The summed E-state index contributed by atoms with van der Waals surface area (Å²) in [6.45, 7) is 8.33. The Morgan fingerprint density at radius 2 is 2.00 bits per heavy atom. The van der Waals surface area contributed by atoms with Crippen LogP contribution in [0.5, 0.6) is 5.75 Å². The Morgan fingerprint density at radius 3 is 2.47 bits per heavy atom. The number of ether oxygens (including phenoxy) is 1. The molecule has 0 N–H and O–H groups in total. The number of rotatable bonds is 2. The number of benzene rings is 1. The van der Waals surface area contributed by atoms with Crippen LogP contribution in [-0.2, 0) is 0 Å². The molecule has 1 saturated carbocycles. The number of hydrogen-bond acceptors (Lipinski definition) is 2. The summed E-state index contributed by atoms with van der Waals surface area (Å²) in [6.07, 6.45) is 0.948. The van der Waals surface area contributed by atoms with Crippen LogP contribution in [0, 0.1) is 37.5 Å². The minimum absolute atomic E-state index is 0.195. The highest BCUT2D eigenvalue weighted by molar-refractivity contribution is 5.54. The molecule has 0 saturated heterocycles. The number of nitriles is 1. The second-order valence-electron chi connectivity index (χ2n) is 5.37. The average molecular weight is 229 g/mol. The first-order valence-electron chi connectivity index (χ1n) is 6.00. The van der Waals surface area contributed by atoms with Crippen LogP contribution in [0.15, 0.2) is 6.07 Å². The van der Waals surface area contributed by atoms with Gasteiger partial charge in [-0.2, -0.15) is 5.26 Å². The molecule has 1 aliphatic carbocycles. The third kappa shape index (κ3) is 1.70. The second kappa shape index (κ2) is 3.77. The molecule has 0 bridgehead atoms. The van der Waals surface area contributed by atoms with Crippen molar-refractivity contribution in [1.29, 1.82) is 5.26 Å². The topological polar surface area (TPSA) is 33.0 Å². The highest BCUT2D eigenvalue weighted by Gasteiger charge is 2.53. The Labute approximate surface area is 103 Å². The fourth-order valence-electron chi connectivity index (χ4n) is 2.68. The van der Waals surface area contributed by atoms with E-state index in [1.165, 1.54) is 22.3 Å². The first-order chi connectivity index (χ1) is 7.94. The molecule has 1 aromatic carbocycles. The molecule has 1 fully saturated rings. The fraction of sp³-hybridized carbons (Fsp3) is 0.533.